The number of amides is 2. The Morgan fingerprint density at radius 3 is 2.77 bits per heavy atom. The molecular weight excluding hydrogens is 352 g/mol. The van der Waals surface area contributed by atoms with Crippen LogP contribution in [0.4, 0.5) is 5.69 Å². The normalized spacial score (nSPS) is 10.7. The number of carbonyl (C=O) groups is 2. The molecule has 0 fully saturated rings. The molecule has 0 saturated heterocycles. The number of pyridine rings is 1. The highest BCUT2D eigenvalue weighted by Gasteiger charge is 2.21. The molecule has 7 heteroatoms. The van der Waals surface area contributed by atoms with E-state index in [1.54, 1.807) is 40.9 Å². The molecule has 1 aromatic carbocycles. The Kier molecular flexibility index (Phi) is 5.23. The summed E-state index contributed by atoms with van der Waals surface area (Å²) in [5, 5.41) is 6.14. The maximum atomic E-state index is 12.8. The van der Waals surface area contributed by atoms with Crippen molar-refractivity contribution in [1.29, 1.82) is 0 Å². The number of rotatable bonds is 5. The summed E-state index contributed by atoms with van der Waals surface area (Å²) < 4.78 is 1.61. The molecule has 0 aliphatic rings. The van der Waals surface area contributed by atoms with Crippen molar-refractivity contribution >= 4 is 34.6 Å². The third-order valence-electron chi connectivity index (χ3n) is 3.95. The summed E-state index contributed by atoms with van der Waals surface area (Å²) in [4.78, 5) is 29.4. The lowest BCUT2D eigenvalue weighted by Crippen LogP contribution is -2.24. The smallest absolute Gasteiger partial charge is 0.292 e. The SMILES string of the molecule is CCCNC(=O)c1nc(C(=O)Nc2cc(Cl)ccc2C)n2ccccc12. The number of imidazole rings is 1. The molecular formula is C19H19ClN4O2. The summed E-state index contributed by atoms with van der Waals surface area (Å²) in [6, 6.07) is 10.6. The van der Waals surface area contributed by atoms with Gasteiger partial charge in [0.25, 0.3) is 11.8 Å². The second-order valence-electron chi connectivity index (χ2n) is 5.91. The molecule has 26 heavy (non-hydrogen) atoms. The van der Waals surface area contributed by atoms with E-state index in [1.807, 2.05) is 19.9 Å². The third kappa shape index (κ3) is 3.55. The molecule has 0 saturated carbocycles. The zero-order valence-electron chi connectivity index (χ0n) is 14.5. The lowest BCUT2D eigenvalue weighted by molar-refractivity contribution is 0.0951. The molecule has 3 rings (SSSR count). The van der Waals surface area contributed by atoms with E-state index in [4.69, 9.17) is 11.6 Å². The third-order valence-corrected chi connectivity index (χ3v) is 4.19. The van der Waals surface area contributed by atoms with Gasteiger partial charge in [0.2, 0.25) is 5.82 Å². The zero-order valence-corrected chi connectivity index (χ0v) is 15.3. The van der Waals surface area contributed by atoms with Crippen molar-refractivity contribution in [2.75, 3.05) is 11.9 Å². The molecule has 0 aliphatic heterocycles. The van der Waals surface area contributed by atoms with Gasteiger partial charge in [-0.1, -0.05) is 30.7 Å². The fourth-order valence-electron chi connectivity index (χ4n) is 2.59. The highest BCUT2D eigenvalue weighted by molar-refractivity contribution is 6.31. The Hall–Kier alpha value is -2.86. The van der Waals surface area contributed by atoms with Gasteiger partial charge < -0.3 is 10.6 Å². The number of nitrogens with zero attached hydrogens (tertiary/aromatic N) is 2. The topological polar surface area (TPSA) is 75.5 Å². The van der Waals surface area contributed by atoms with E-state index in [9.17, 15) is 9.59 Å². The number of halogens is 1. The van der Waals surface area contributed by atoms with Crippen LogP contribution in [-0.4, -0.2) is 27.7 Å². The summed E-state index contributed by atoms with van der Waals surface area (Å²) in [5.41, 5.74) is 2.29. The summed E-state index contributed by atoms with van der Waals surface area (Å²) in [5.74, 6) is -0.568. The Bertz CT molecular complexity index is 981. The van der Waals surface area contributed by atoms with Gasteiger partial charge in [-0.25, -0.2) is 4.98 Å². The van der Waals surface area contributed by atoms with Crippen LogP contribution in [0.2, 0.25) is 5.02 Å². The van der Waals surface area contributed by atoms with Gasteiger partial charge >= 0.3 is 0 Å². The Morgan fingerprint density at radius 1 is 1.19 bits per heavy atom. The maximum absolute atomic E-state index is 12.8. The number of benzene rings is 1. The van der Waals surface area contributed by atoms with Crippen LogP contribution >= 0.6 is 11.6 Å². The predicted octanol–water partition coefficient (Wildman–Crippen LogP) is 3.69. The Labute approximate surface area is 156 Å². The monoisotopic (exact) mass is 370 g/mol. The second-order valence-corrected chi connectivity index (χ2v) is 6.35. The fourth-order valence-corrected chi connectivity index (χ4v) is 2.77. The number of hydrogen-bond donors (Lipinski definition) is 2. The molecule has 3 aromatic rings. The van der Waals surface area contributed by atoms with Crippen molar-refractivity contribution in [3.63, 3.8) is 0 Å². The average molecular weight is 371 g/mol. The molecule has 134 valence electrons. The minimum Gasteiger partial charge on any atom is -0.351 e. The van der Waals surface area contributed by atoms with E-state index in [-0.39, 0.29) is 17.4 Å². The predicted molar refractivity (Wildman–Crippen MR) is 102 cm³/mol. The summed E-state index contributed by atoms with van der Waals surface area (Å²) in [6.45, 7) is 4.39. The number of hydrogen-bond acceptors (Lipinski definition) is 3. The van der Waals surface area contributed by atoms with Crippen LogP contribution in [0.1, 0.15) is 40.0 Å². The number of anilines is 1. The summed E-state index contributed by atoms with van der Waals surface area (Å²) >= 11 is 6.01. The first-order valence-electron chi connectivity index (χ1n) is 8.34. The molecule has 2 N–H and O–H groups in total. The number of aryl methyl sites for hydroxylation is 1. The fraction of sp³-hybridized carbons (Fsp3) is 0.211. The first-order chi connectivity index (χ1) is 12.5. The van der Waals surface area contributed by atoms with Crippen LogP contribution in [0.5, 0.6) is 0 Å². The number of carbonyl (C=O) groups excluding carboxylic acids is 2. The molecule has 0 bridgehead atoms. The molecule has 2 amide bonds. The Morgan fingerprint density at radius 2 is 2.00 bits per heavy atom. The van der Waals surface area contributed by atoms with Gasteiger partial charge in [-0.2, -0.15) is 0 Å². The van der Waals surface area contributed by atoms with Crippen LogP contribution < -0.4 is 10.6 Å². The van der Waals surface area contributed by atoms with E-state index < -0.39 is 5.91 Å². The van der Waals surface area contributed by atoms with Gasteiger partial charge in [-0.05, 0) is 43.2 Å². The van der Waals surface area contributed by atoms with Crippen LogP contribution in [0.25, 0.3) is 5.52 Å². The molecule has 0 radical (unpaired) electrons. The van der Waals surface area contributed by atoms with Crippen molar-refractivity contribution < 1.29 is 9.59 Å². The average Bonchev–Trinajstić information content (AvgIpc) is 3.02. The van der Waals surface area contributed by atoms with Crippen molar-refractivity contribution in [2.24, 2.45) is 0 Å². The summed E-state index contributed by atoms with van der Waals surface area (Å²) in [7, 11) is 0. The van der Waals surface area contributed by atoms with Crippen LogP contribution in [-0.2, 0) is 0 Å². The zero-order chi connectivity index (χ0) is 18.7. The second kappa shape index (κ2) is 7.58. The standard InChI is InChI=1S/C19H19ClN4O2/c1-3-9-21-18(25)16-15-6-4-5-10-24(15)17(23-16)19(26)22-14-11-13(20)8-7-12(14)2/h4-8,10-11H,3,9H2,1-2H3,(H,21,25)(H,22,26). The van der Waals surface area contributed by atoms with E-state index >= 15 is 0 Å². The van der Waals surface area contributed by atoms with Gasteiger partial charge in [-0.3, -0.25) is 14.0 Å². The highest BCUT2D eigenvalue weighted by Crippen LogP contribution is 2.21. The van der Waals surface area contributed by atoms with Crippen molar-refractivity contribution in [1.82, 2.24) is 14.7 Å². The first-order valence-corrected chi connectivity index (χ1v) is 8.72. The summed E-state index contributed by atoms with van der Waals surface area (Å²) in [6.07, 6.45) is 2.53. The number of aromatic nitrogens is 2. The van der Waals surface area contributed by atoms with E-state index in [2.05, 4.69) is 15.6 Å². The Balaban J connectivity index is 1.98. The van der Waals surface area contributed by atoms with E-state index in [1.165, 1.54) is 0 Å². The van der Waals surface area contributed by atoms with Gasteiger partial charge in [0.15, 0.2) is 5.69 Å². The first kappa shape index (κ1) is 17.9. The molecule has 6 nitrogen and oxygen atoms in total. The lowest BCUT2D eigenvalue weighted by Gasteiger charge is -2.08. The minimum absolute atomic E-state index is 0.140. The highest BCUT2D eigenvalue weighted by atomic mass is 35.5. The lowest BCUT2D eigenvalue weighted by atomic mass is 10.2. The molecule has 0 aliphatic carbocycles. The molecule has 0 unspecified atom stereocenters. The van der Waals surface area contributed by atoms with Crippen molar-refractivity contribution in [3.05, 3.63) is 64.7 Å². The van der Waals surface area contributed by atoms with Crippen LogP contribution in [0.15, 0.2) is 42.6 Å². The van der Waals surface area contributed by atoms with E-state index in [0.717, 1.165) is 12.0 Å². The maximum Gasteiger partial charge on any atom is 0.292 e. The van der Waals surface area contributed by atoms with Gasteiger partial charge in [0.1, 0.15) is 0 Å². The molecule has 0 atom stereocenters. The molecule has 2 aromatic heterocycles. The molecule has 0 spiro atoms. The van der Waals surface area contributed by atoms with Crippen LogP contribution in [0, 0.1) is 6.92 Å². The van der Waals surface area contributed by atoms with Gasteiger partial charge in [0.05, 0.1) is 5.52 Å². The van der Waals surface area contributed by atoms with Crippen molar-refractivity contribution in [3.8, 4) is 0 Å². The number of fused-ring (bicyclic) bond motifs is 1. The van der Waals surface area contributed by atoms with E-state index in [0.29, 0.717) is 22.8 Å². The molecule has 2 heterocycles. The minimum atomic E-state index is -0.411. The quantitative estimate of drug-likeness (QED) is 0.719. The largest absolute Gasteiger partial charge is 0.351 e. The van der Waals surface area contributed by atoms with Crippen molar-refractivity contribution in [2.45, 2.75) is 20.3 Å². The number of nitrogens with one attached hydrogen (secondary N) is 2. The van der Waals surface area contributed by atoms with Crippen LogP contribution in [0.3, 0.4) is 0 Å². The van der Waals surface area contributed by atoms with Gasteiger partial charge in [-0.15, -0.1) is 0 Å². The van der Waals surface area contributed by atoms with Gasteiger partial charge in [0, 0.05) is 23.5 Å².